The van der Waals surface area contributed by atoms with Crippen LogP contribution in [0.15, 0.2) is 28.9 Å². The van der Waals surface area contributed by atoms with Crippen molar-refractivity contribution in [3.8, 4) is 0 Å². The number of nitrogens with one attached hydrogen (secondary N) is 2. The van der Waals surface area contributed by atoms with Crippen LogP contribution < -0.4 is 10.6 Å². The number of rotatable bonds is 3. The molecule has 6 nitrogen and oxygen atoms in total. The standard InChI is InChI=1S/C14H19N3O3/c1-8(2)13(3)12(20)16-11(17-13)14(4)9(10(18)19)6-5-7-15-14/h5-8,15H,1-4H3,(H,18,19)(H,16,17,20). The molecule has 2 unspecified atom stereocenters. The molecule has 0 aliphatic carbocycles. The van der Waals surface area contributed by atoms with Crippen LogP contribution in [0.3, 0.4) is 0 Å². The van der Waals surface area contributed by atoms with Gasteiger partial charge in [0.2, 0.25) is 0 Å². The average Bonchev–Trinajstić information content (AvgIpc) is 2.68. The summed E-state index contributed by atoms with van der Waals surface area (Å²) in [4.78, 5) is 27.6. The van der Waals surface area contributed by atoms with Crippen LogP contribution in [0.25, 0.3) is 0 Å². The third-order valence-corrected chi connectivity index (χ3v) is 4.16. The Bertz CT molecular complexity index is 562. The molecule has 0 aromatic heterocycles. The van der Waals surface area contributed by atoms with Gasteiger partial charge >= 0.3 is 5.97 Å². The SMILES string of the molecule is CC(C)C1(C)NC(C2(C)NC=CC=C2C(=O)O)=NC1=O. The number of amidine groups is 1. The number of dihydropyridines is 1. The molecule has 108 valence electrons. The van der Waals surface area contributed by atoms with Crippen molar-refractivity contribution in [3.63, 3.8) is 0 Å². The van der Waals surface area contributed by atoms with Gasteiger partial charge in [-0.1, -0.05) is 13.8 Å². The summed E-state index contributed by atoms with van der Waals surface area (Å²) in [5.41, 5.74) is -1.69. The van der Waals surface area contributed by atoms with E-state index in [2.05, 4.69) is 15.6 Å². The van der Waals surface area contributed by atoms with E-state index in [9.17, 15) is 14.7 Å². The van der Waals surface area contributed by atoms with Gasteiger partial charge in [-0.2, -0.15) is 4.99 Å². The number of carbonyl (C=O) groups is 2. The molecule has 2 aliphatic heterocycles. The van der Waals surface area contributed by atoms with Crippen molar-refractivity contribution in [1.82, 2.24) is 10.6 Å². The molecule has 2 atom stereocenters. The van der Waals surface area contributed by atoms with Crippen LogP contribution in [0.2, 0.25) is 0 Å². The van der Waals surface area contributed by atoms with E-state index in [0.717, 1.165) is 0 Å². The van der Waals surface area contributed by atoms with Crippen LogP contribution in [0, 0.1) is 5.92 Å². The first-order valence-corrected chi connectivity index (χ1v) is 6.52. The zero-order valence-electron chi connectivity index (χ0n) is 12.0. The second-order valence-electron chi connectivity index (χ2n) is 5.76. The van der Waals surface area contributed by atoms with E-state index in [0.29, 0.717) is 5.84 Å². The summed E-state index contributed by atoms with van der Waals surface area (Å²) >= 11 is 0. The van der Waals surface area contributed by atoms with Gasteiger partial charge in [0.15, 0.2) is 0 Å². The number of carboxylic acids is 1. The Kier molecular flexibility index (Phi) is 3.20. The topological polar surface area (TPSA) is 90.8 Å². The highest BCUT2D eigenvalue weighted by molar-refractivity contribution is 6.14. The number of hydrogen-bond acceptors (Lipinski definition) is 4. The van der Waals surface area contributed by atoms with E-state index < -0.39 is 17.0 Å². The fourth-order valence-electron chi connectivity index (χ4n) is 2.26. The van der Waals surface area contributed by atoms with Crippen LogP contribution in [0.5, 0.6) is 0 Å². The summed E-state index contributed by atoms with van der Waals surface area (Å²) in [6.07, 6.45) is 4.77. The minimum absolute atomic E-state index is 0.0382. The van der Waals surface area contributed by atoms with Crippen LogP contribution in [0.1, 0.15) is 27.7 Å². The summed E-state index contributed by atoms with van der Waals surface area (Å²) < 4.78 is 0. The molecule has 0 spiro atoms. The van der Waals surface area contributed by atoms with E-state index >= 15 is 0 Å². The molecule has 0 fully saturated rings. The molecule has 3 N–H and O–H groups in total. The first kappa shape index (κ1) is 14.3. The van der Waals surface area contributed by atoms with Crippen molar-refractivity contribution in [2.24, 2.45) is 10.9 Å². The largest absolute Gasteiger partial charge is 0.478 e. The quantitative estimate of drug-likeness (QED) is 0.710. The fourth-order valence-corrected chi connectivity index (χ4v) is 2.26. The fraction of sp³-hybridized carbons (Fsp3) is 0.500. The lowest BCUT2D eigenvalue weighted by molar-refractivity contribution is -0.133. The number of carboxylic acid groups (broad SMARTS) is 1. The molecule has 0 aromatic rings. The smallest absolute Gasteiger partial charge is 0.334 e. The number of aliphatic carboxylic acids is 1. The number of aliphatic imine (C=N–C) groups is 1. The zero-order valence-corrected chi connectivity index (χ0v) is 12.0. The Hall–Kier alpha value is -2.11. The molecule has 2 aliphatic rings. The van der Waals surface area contributed by atoms with Crippen molar-refractivity contribution in [2.75, 3.05) is 0 Å². The van der Waals surface area contributed by atoms with Gasteiger partial charge in [-0.05, 0) is 38.1 Å². The van der Waals surface area contributed by atoms with Crippen LogP contribution >= 0.6 is 0 Å². The molecule has 2 heterocycles. The summed E-state index contributed by atoms with van der Waals surface area (Å²) in [6, 6.07) is 0. The lowest BCUT2D eigenvalue weighted by Crippen LogP contribution is -2.60. The molecule has 1 amide bonds. The summed E-state index contributed by atoms with van der Waals surface area (Å²) in [7, 11) is 0. The Morgan fingerprint density at radius 2 is 2.05 bits per heavy atom. The lowest BCUT2D eigenvalue weighted by Gasteiger charge is -2.35. The predicted octanol–water partition coefficient (Wildman–Crippen LogP) is 0.816. The molecule has 0 radical (unpaired) electrons. The van der Waals surface area contributed by atoms with Crippen molar-refractivity contribution >= 4 is 17.7 Å². The third-order valence-electron chi connectivity index (χ3n) is 4.16. The second-order valence-corrected chi connectivity index (χ2v) is 5.76. The van der Waals surface area contributed by atoms with E-state index in [4.69, 9.17) is 0 Å². The average molecular weight is 277 g/mol. The molecular weight excluding hydrogens is 258 g/mol. The van der Waals surface area contributed by atoms with Gasteiger partial charge in [-0.25, -0.2) is 4.79 Å². The minimum atomic E-state index is -1.04. The highest BCUT2D eigenvalue weighted by Gasteiger charge is 2.49. The molecule has 20 heavy (non-hydrogen) atoms. The van der Waals surface area contributed by atoms with Gasteiger partial charge in [-0.3, -0.25) is 4.79 Å². The summed E-state index contributed by atoms with van der Waals surface area (Å²) in [5.74, 6) is -0.933. The van der Waals surface area contributed by atoms with Crippen molar-refractivity contribution in [3.05, 3.63) is 23.9 Å². The van der Waals surface area contributed by atoms with Gasteiger partial charge in [0.05, 0.1) is 5.57 Å². The predicted molar refractivity (Wildman–Crippen MR) is 75.2 cm³/mol. The monoisotopic (exact) mass is 277 g/mol. The maximum atomic E-state index is 12.1. The number of carbonyl (C=O) groups excluding carboxylic acids is 1. The van der Waals surface area contributed by atoms with Crippen molar-refractivity contribution in [2.45, 2.75) is 38.8 Å². The van der Waals surface area contributed by atoms with Crippen LogP contribution in [-0.2, 0) is 9.59 Å². The molecule has 0 saturated heterocycles. The van der Waals surface area contributed by atoms with Crippen LogP contribution in [-0.4, -0.2) is 33.9 Å². The van der Waals surface area contributed by atoms with E-state index in [1.54, 1.807) is 26.1 Å². The third kappa shape index (κ3) is 1.92. The molecule has 2 rings (SSSR count). The molecule has 0 bridgehead atoms. The number of hydrogen-bond donors (Lipinski definition) is 3. The maximum Gasteiger partial charge on any atom is 0.334 e. The number of allylic oxidation sites excluding steroid dienone is 2. The van der Waals surface area contributed by atoms with Gasteiger partial charge in [0, 0.05) is 0 Å². The first-order valence-electron chi connectivity index (χ1n) is 6.52. The van der Waals surface area contributed by atoms with Crippen LogP contribution in [0.4, 0.5) is 0 Å². The minimum Gasteiger partial charge on any atom is -0.478 e. The Morgan fingerprint density at radius 3 is 2.55 bits per heavy atom. The Labute approximate surface area is 117 Å². The second kappa shape index (κ2) is 4.47. The molecule has 0 aromatic carbocycles. The van der Waals surface area contributed by atoms with Gasteiger partial charge in [0.1, 0.15) is 16.9 Å². The summed E-state index contributed by atoms with van der Waals surface area (Å²) in [6.45, 7) is 7.33. The summed E-state index contributed by atoms with van der Waals surface area (Å²) in [5, 5.41) is 15.4. The Morgan fingerprint density at radius 1 is 1.40 bits per heavy atom. The molecule has 0 saturated carbocycles. The number of nitrogens with zero attached hydrogens (tertiary/aromatic N) is 1. The molecular formula is C14H19N3O3. The van der Waals surface area contributed by atoms with Gasteiger partial charge in [0.25, 0.3) is 5.91 Å². The van der Waals surface area contributed by atoms with E-state index in [1.807, 2.05) is 13.8 Å². The van der Waals surface area contributed by atoms with Gasteiger partial charge < -0.3 is 15.7 Å². The Balaban J connectivity index is 2.40. The van der Waals surface area contributed by atoms with Gasteiger partial charge in [-0.15, -0.1) is 0 Å². The highest BCUT2D eigenvalue weighted by Crippen LogP contribution is 2.29. The molecule has 6 heteroatoms. The first-order chi connectivity index (χ1) is 9.21. The lowest BCUT2D eigenvalue weighted by atomic mass is 9.85. The zero-order chi connectivity index (χ0) is 15.1. The van der Waals surface area contributed by atoms with Crippen molar-refractivity contribution in [1.29, 1.82) is 0 Å². The van der Waals surface area contributed by atoms with Crippen molar-refractivity contribution < 1.29 is 14.7 Å². The normalized spacial score (nSPS) is 32.5. The number of amides is 1. The highest BCUT2D eigenvalue weighted by atomic mass is 16.4. The van der Waals surface area contributed by atoms with E-state index in [1.165, 1.54) is 6.08 Å². The van der Waals surface area contributed by atoms with E-state index in [-0.39, 0.29) is 17.4 Å². The maximum absolute atomic E-state index is 12.1.